The summed E-state index contributed by atoms with van der Waals surface area (Å²) in [5.74, 6) is 0. The standard InChI is InChI=1S/C18H23N3/c1-2-11-21(10-1)15-17-7-5-16(6-8-17)12-20-14-18-4-3-9-19-13-18/h3-9,13,20H,1-2,10-12,14-15H2. The van der Waals surface area contributed by atoms with E-state index in [2.05, 4.69) is 45.5 Å². The predicted molar refractivity (Wildman–Crippen MR) is 85.7 cm³/mol. The molecule has 1 N–H and O–H groups in total. The van der Waals surface area contributed by atoms with E-state index in [9.17, 15) is 0 Å². The van der Waals surface area contributed by atoms with Crippen LogP contribution in [0.15, 0.2) is 48.8 Å². The second kappa shape index (κ2) is 7.34. The van der Waals surface area contributed by atoms with Crippen molar-refractivity contribution in [3.63, 3.8) is 0 Å². The lowest BCUT2D eigenvalue weighted by molar-refractivity contribution is 0.331. The number of nitrogens with one attached hydrogen (secondary N) is 1. The van der Waals surface area contributed by atoms with Crippen LogP contribution in [0.1, 0.15) is 29.5 Å². The molecule has 0 amide bonds. The van der Waals surface area contributed by atoms with Crippen LogP contribution in [-0.4, -0.2) is 23.0 Å². The van der Waals surface area contributed by atoms with Crippen LogP contribution in [0.5, 0.6) is 0 Å². The number of likely N-dealkylation sites (tertiary alicyclic amines) is 1. The maximum Gasteiger partial charge on any atom is 0.0312 e. The Bertz CT molecular complexity index is 530. The van der Waals surface area contributed by atoms with Crippen molar-refractivity contribution in [3.05, 3.63) is 65.5 Å². The van der Waals surface area contributed by atoms with Crippen LogP contribution in [0.2, 0.25) is 0 Å². The van der Waals surface area contributed by atoms with Crippen molar-refractivity contribution in [1.29, 1.82) is 0 Å². The summed E-state index contributed by atoms with van der Waals surface area (Å²) in [4.78, 5) is 6.66. The van der Waals surface area contributed by atoms with Gasteiger partial charge in [-0.15, -0.1) is 0 Å². The van der Waals surface area contributed by atoms with Gasteiger partial charge >= 0.3 is 0 Å². The van der Waals surface area contributed by atoms with Gasteiger partial charge in [0.2, 0.25) is 0 Å². The first-order valence-corrected chi connectivity index (χ1v) is 7.80. The molecule has 0 unspecified atom stereocenters. The molecule has 1 aromatic carbocycles. The van der Waals surface area contributed by atoms with Gasteiger partial charge in [0.15, 0.2) is 0 Å². The number of benzene rings is 1. The van der Waals surface area contributed by atoms with Crippen molar-refractivity contribution in [1.82, 2.24) is 15.2 Å². The Morgan fingerprint density at radius 3 is 2.33 bits per heavy atom. The molecule has 1 fully saturated rings. The molecule has 1 aliphatic rings. The highest BCUT2D eigenvalue weighted by Gasteiger charge is 2.11. The van der Waals surface area contributed by atoms with Gasteiger partial charge in [0.05, 0.1) is 0 Å². The Balaban J connectivity index is 1.45. The molecule has 3 heteroatoms. The smallest absolute Gasteiger partial charge is 0.0312 e. The van der Waals surface area contributed by atoms with E-state index in [0.717, 1.165) is 19.6 Å². The number of hydrogen-bond donors (Lipinski definition) is 1. The second-order valence-corrected chi connectivity index (χ2v) is 5.76. The first-order chi connectivity index (χ1) is 10.4. The summed E-state index contributed by atoms with van der Waals surface area (Å²) in [5, 5.41) is 3.46. The monoisotopic (exact) mass is 281 g/mol. The Morgan fingerprint density at radius 1 is 0.905 bits per heavy atom. The van der Waals surface area contributed by atoms with Crippen molar-refractivity contribution < 1.29 is 0 Å². The fourth-order valence-electron chi connectivity index (χ4n) is 2.82. The minimum absolute atomic E-state index is 0.864. The van der Waals surface area contributed by atoms with E-state index < -0.39 is 0 Å². The molecule has 0 radical (unpaired) electrons. The first kappa shape index (κ1) is 14.2. The zero-order chi connectivity index (χ0) is 14.3. The van der Waals surface area contributed by atoms with E-state index in [-0.39, 0.29) is 0 Å². The summed E-state index contributed by atoms with van der Waals surface area (Å²) < 4.78 is 0. The Labute approximate surface area is 127 Å². The summed E-state index contributed by atoms with van der Waals surface area (Å²) in [6.07, 6.45) is 6.43. The normalized spacial score (nSPS) is 15.4. The van der Waals surface area contributed by atoms with Gasteiger partial charge in [-0.25, -0.2) is 0 Å². The van der Waals surface area contributed by atoms with E-state index in [0.29, 0.717) is 0 Å². The molecular formula is C18H23N3. The SMILES string of the molecule is c1cncc(CNCc2ccc(CN3CCCC3)cc2)c1. The third-order valence-corrected chi connectivity index (χ3v) is 4.01. The highest BCUT2D eigenvalue weighted by molar-refractivity contribution is 5.22. The predicted octanol–water partition coefficient (Wildman–Crippen LogP) is 2.97. The number of aromatic nitrogens is 1. The molecule has 0 spiro atoms. The molecule has 21 heavy (non-hydrogen) atoms. The van der Waals surface area contributed by atoms with Crippen LogP contribution >= 0.6 is 0 Å². The zero-order valence-electron chi connectivity index (χ0n) is 12.5. The minimum atomic E-state index is 0.864. The fraction of sp³-hybridized carbons (Fsp3) is 0.389. The molecule has 3 rings (SSSR count). The summed E-state index contributed by atoms with van der Waals surface area (Å²) in [5.41, 5.74) is 3.99. The van der Waals surface area contributed by atoms with Crippen LogP contribution in [0.25, 0.3) is 0 Å². The van der Waals surface area contributed by atoms with Crippen LogP contribution < -0.4 is 5.32 Å². The second-order valence-electron chi connectivity index (χ2n) is 5.76. The van der Waals surface area contributed by atoms with Gasteiger partial charge in [-0.3, -0.25) is 9.88 Å². The minimum Gasteiger partial charge on any atom is -0.309 e. The maximum absolute atomic E-state index is 4.13. The highest BCUT2D eigenvalue weighted by Crippen LogP contribution is 2.13. The average Bonchev–Trinajstić information content (AvgIpc) is 3.03. The van der Waals surface area contributed by atoms with Crippen molar-refractivity contribution in [3.8, 4) is 0 Å². The molecule has 0 atom stereocenters. The van der Waals surface area contributed by atoms with Gasteiger partial charge in [0.1, 0.15) is 0 Å². The van der Waals surface area contributed by atoms with E-state index in [1.54, 1.807) is 0 Å². The van der Waals surface area contributed by atoms with E-state index >= 15 is 0 Å². The maximum atomic E-state index is 4.13. The molecule has 0 saturated carbocycles. The largest absolute Gasteiger partial charge is 0.309 e. The van der Waals surface area contributed by atoms with Gasteiger partial charge in [0.25, 0.3) is 0 Å². The molecule has 1 aliphatic heterocycles. The van der Waals surface area contributed by atoms with Crippen LogP contribution in [0, 0.1) is 0 Å². The number of rotatable bonds is 6. The zero-order valence-corrected chi connectivity index (χ0v) is 12.5. The van der Waals surface area contributed by atoms with E-state index in [1.165, 1.54) is 42.6 Å². The number of hydrogen-bond acceptors (Lipinski definition) is 3. The van der Waals surface area contributed by atoms with Crippen molar-refractivity contribution >= 4 is 0 Å². The molecule has 0 bridgehead atoms. The number of pyridine rings is 1. The van der Waals surface area contributed by atoms with Crippen molar-refractivity contribution in [2.75, 3.05) is 13.1 Å². The lowest BCUT2D eigenvalue weighted by Gasteiger charge is -2.14. The van der Waals surface area contributed by atoms with Gasteiger partial charge in [-0.2, -0.15) is 0 Å². The quantitative estimate of drug-likeness (QED) is 0.882. The molecular weight excluding hydrogens is 258 g/mol. The summed E-state index contributed by atoms with van der Waals surface area (Å²) in [7, 11) is 0. The van der Waals surface area contributed by atoms with E-state index in [1.807, 2.05) is 18.5 Å². The summed E-state index contributed by atoms with van der Waals surface area (Å²) >= 11 is 0. The highest BCUT2D eigenvalue weighted by atomic mass is 15.1. The Hall–Kier alpha value is -1.71. The first-order valence-electron chi connectivity index (χ1n) is 7.80. The van der Waals surface area contributed by atoms with Crippen LogP contribution in [0.4, 0.5) is 0 Å². The molecule has 1 aromatic heterocycles. The van der Waals surface area contributed by atoms with Gasteiger partial charge < -0.3 is 5.32 Å². The third-order valence-electron chi connectivity index (χ3n) is 4.01. The topological polar surface area (TPSA) is 28.2 Å². The molecule has 2 heterocycles. The molecule has 3 nitrogen and oxygen atoms in total. The van der Waals surface area contributed by atoms with Crippen molar-refractivity contribution in [2.45, 2.75) is 32.5 Å². The third kappa shape index (κ3) is 4.38. The molecule has 0 aliphatic carbocycles. The van der Waals surface area contributed by atoms with Gasteiger partial charge in [-0.05, 0) is 48.7 Å². The number of nitrogens with zero attached hydrogens (tertiary/aromatic N) is 2. The van der Waals surface area contributed by atoms with E-state index in [4.69, 9.17) is 0 Å². The average molecular weight is 281 g/mol. The van der Waals surface area contributed by atoms with Crippen LogP contribution in [0.3, 0.4) is 0 Å². The lowest BCUT2D eigenvalue weighted by Crippen LogP contribution is -2.18. The lowest BCUT2D eigenvalue weighted by atomic mass is 10.1. The Kier molecular flexibility index (Phi) is 4.98. The molecule has 2 aromatic rings. The Morgan fingerprint density at radius 2 is 1.62 bits per heavy atom. The molecule has 110 valence electrons. The van der Waals surface area contributed by atoms with Gasteiger partial charge in [-0.1, -0.05) is 30.3 Å². The van der Waals surface area contributed by atoms with Crippen molar-refractivity contribution in [2.24, 2.45) is 0 Å². The fourth-order valence-corrected chi connectivity index (χ4v) is 2.82. The van der Waals surface area contributed by atoms with Crippen LogP contribution in [-0.2, 0) is 19.6 Å². The van der Waals surface area contributed by atoms with Gasteiger partial charge in [0, 0.05) is 32.0 Å². The molecule has 1 saturated heterocycles. The summed E-state index contributed by atoms with van der Waals surface area (Å²) in [6, 6.07) is 13.1. The summed E-state index contributed by atoms with van der Waals surface area (Å²) in [6.45, 7) is 5.38.